The van der Waals surface area contributed by atoms with Crippen molar-refractivity contribution in [1.82, 2.24) is 4.98 Å². The minimum atomic E-state index is 0.193. The Bertz CT molecular complexity index is 916. The van der Waals surface area contributed by atoms with Gasteiger partial charge in [0.2, 0.25) is 5.89 Å². The number of nitrogens with zero attached hydrogens (tertiary/aromatic N) is 1. The predicted molar refractivity (Wildman–Crippen MR) is 95.9 cm³/mol. The Labute approximate surface area is 151 Å². The lowest BCUT2D eigenvalue weighted by atomic mass is 10.2. The molecule has 1 aromatic heterocycles. The molecule has 3 rings (SSSR count). The van der Waals surface area contributed by atoms with Crippen LogP contribution in [0, 0.1) is 6.92 Å². The fourth-order valence-corrected chi connectivity index (χ4v) is 2.51. The third kappa shape index (κ3) is 3.54. The number of aldehydes is 1. The van der Waals surface area contributed by atoms with Gasteiger partial charge in [0, 0.05) is 6.07 Å². The minimum Gasteiger partial charge on any atom is -0.497 e. The smallest absolute Gasteiger partial charge is 0.230 e. The molecule has 0 atom stereocenters. The first-order valence-electron chi connectivity index (χ1n) is 8.02. The average Bonchev–Trinajstić information content (AvgIpc) is 3.06. The van der Waals surface area contributed by atoms with Crippen molar-refractivity contribution in [3.8, 4) is 28.7 Å². The molecule has 6 nitrogen and oxygen atoms in total. The zero-order valence-electron chi connectivity index (χ0n) is 14.8. The average molecular weight is 353 g/mol. The molecule has 1 heterocycles. The Morgan fingerprint density at radius 3 is 2.62 bits per heavy atom. The number of para-hydroxylation sites is 1. The number of ether oxygens (including phenoxy) is 3. The molecule has 0 saturated heterocycles. The number of hydrogen-bond donors (Lipinski definition) is 0. The maximum Gasteiger partial charge on any atom is 0.230 e. The van der Waals surface area contributed by atoms with Gasteiger partial charge >= 0.3 is 0 Å². The summed E-state index contributed by atoms with van der Waals surface area (Å²) in [6.45, 7) is 2.01. The van der Waals surface area contributed by atoms with Crippen LogP contribution in [0.15, 0.2) is 46.9 Å². The summed E-state index contributed by atoms with van der Waals surface area (Å²) in [5.74, 6) is 2.87. The topological polar surface area (TPSA) is 70.8 Å². The zero-order chi connectivity index (χ0) is 18.5. The van der Waals surface area contributed by atoms with E-state index in [1.165, 1.54) is 0 Å². The molecule has 2 aromatic carbocycles. The molecular weight excluding hydrogens is 334 g/mol. The number of oxazole rings is 1. The number of rotatable bonds is 7. The first-order valence-corrected chi connectivity index (χ1v) is 8.02. The molecule has 26 heavy (non-hydrogen) atoms. The highest BCUT2D eigenvalue weighted by molar-refractivity contribution is 5.79. The standard InChI is InChI=1S/C20H19NO5/c1-13-17(12-25-18-7-5-4-6-14(18)11-22)21-20(26-13)16-9-8-15(23-2)10-19(16)24-3/h4-11H,12H2,1-3H3. The lowest BCUT2D eigenvalue weighted by Gasteiger charge is -2.07. The number of carbonyl (C=O) groups is 1. The summed E-state index contributed by atoms with van der Waals surface area (Å²) in [6.07, 6.45) is 0.763. The second-order valence-corrected chi connectivity index (χ2v) is 5.53. The van der Waals surface area contributed by atoms with Crippen molar-refractivity contribution < 1.29 is 23.4 Å². The van der Waals surface area contributed by atoms with Gasteiger partial charge < -0.3 is 18.6 Å². The monoisotopic (exact) mass is 353 g/mol. The van der Waals surface area contributed by atoms with Gasteiger partial charge in [0.05, 0.1) is 25.3 Å². The van der Waals surface area contributed by atoms with Gasteiger partial charge in [-0.3, -0.25) is 4.79 Å². The highest BCUT2D eigenvalue weighted by Gasteiger charge is 2.17. The summed E-state index contributed by atoms with van der Waals surface area (Å²) in [6, 6.07) is 12.4. The zero-order valence-corrected chi connectivity index (χ0v) is 14.8. The van der Waals surface area contributed by atoms with Crippen LogP contribution in [-0.2, 0) is 6.61 Å². The molecule has 0 fully saturated rings. The summed E-state index contributed by atoms with van der Waals surface area (Å²) in [7, 11) is 3.17. The quantitative estimate of drug-likeness (QED) is 0.597. The van der Waals surface area contributed by atoms with Crippen LogP contribution in [0.4, 0.5) is 0 Å². The van der Waals surface area contributed by atoms with E-state index in [1.54, 1.807) is 38.5 Å². The first kappa shape index (κ1) is 17.5. The molecule has 0 N–H and O–H groups in total. The molecule has 0 unspecified atom stereocenters. The van der Waals surface area contributed by atoms with E-state index in [4.69, 9.17) is 18.6 Å². The molecule has 0 amide bonds. The maximum absolute atomic E-state index is 11.1. The molecule has 134 valence electrons. The normalized spacial score (nSPS) is 10.4. The summed E-state index contributed by atoms with van der Waals surface area (Å²) in [4.78, 5) is 15.6. The number of aryl methyl sites for hydroxylation is 1. The van der Waals surface area contributed by atoms with Crippen LogP contribution in [0.1, 0.15) is 21.8 Å². The van der Waals surface area contributed by atoms with E-state index >= 15 is 0 Å². The summed E-state index contributed by atoms with van der Waals surface area (Å²) in [5, 5.41) is 0. The maximum atomic E-state index is 11.1. The second kappa shape index (κ2) is 7.74. The van der Waals surface area contributed by atoms with E-state index in [0.717, 1.165) is 11.8 Å². The van der Waals surface area contributed by atoms with Gasteiger partial charge in [0.25, 0.3) is 0 Å². The van der Waals surface area contributed by atoms with Crippen molar-refractivity contribution in [2.24, 2.45) is 0 Å². The van der Waals surface area contributed by atoms with E-state index in [-0.39, 0.29) is 6.61 Å². The molecule has 0 aliphatic rings. The molecule has 0 spiro atoms. The van der Waals surface area contributed by atoms with Crippen LogP contribution >= 0.6 is 0 Å². The lowest BCUT2D eigenvalue weighted by molar-refractivity contribution is 0.111. The number of benzene rings is 2. The van der Waals surface area contributed by atoms with Crippen LogP contribution < -0.4 is 14.2 Å². The van der Waals surface area contributed by atoms with Crippen LogP contribution in [0.25, 0.3) is 11.5 Å². The van der Waals surface area contributed by atoms with E-state index in [1.807, 2.05) is 25.1 Å². The van der Waals surface area contributed by atoms with Crippen LogP contribution in [-0.4, -0.2) is 25.5 Å². The Morgan fingerprint density at radius 1 is 1.08 bits per heavy atom. The number of hydrogen-bond acceptors (Lipinski definition) is 6. The Balaban J connectivity index is 1.84. The van der Waals surface area contributed by atoms with Crippen LogP contribution in [0.3, 0.4) is 0 Å². The predicted octanol–water partition coefficient (Wildman–Crippen LogP) is 4.06. The van der Waals surface area contributed by atoms with E-state index in [9.17, 15) is 4.79 Å². The van der Waals surface area contributed by atoms with Crippen molar-refractivity contribution in [2.75, 3.05) is 14.2 Å². The van der Waals surface area contributed by atoms with Gasteiger partial charge in [-0.1, -0.05) is 12.1 Å². The summed E-state index contributed by atoms with van der Waals surface area (Å²) < 4.78 is 22.1. The first-order chi connectivity index (χ1) is 12.7. The third-order valence-corrected chi connectivity index (χ3v) is 3.94. The van der Waals surface area contributed by atoms with Crippen molar-refractivity contribution in [3.63, 3.8) is 0 Å². The summed E-state index contributed by atoms with van der Waals surface area (Å²) >= 11 is 0. The van der Waals surface area contributed by atoms with Gasteiger partial charge in [-0.15, -0.1) is 0 Å². The molecule has 0 aliphatic heterocycles. The van der Waals surface area contributed by atoms with Gasteiger partial charge in [0.1, 0.15) is 35.3 Å². The molecule has 0 aliphatic carbocycles. The molecule has 6 heteroatoms. The van der Waals surface area contributed by atoms with Gasteiger partial charge in [0.15, 0.2) is 6.29 Å². The van der Waals surface area contributed by atoms with Gasteiger partial charge in [-0.05, 0) is 31.2 Å². The van der Waals surface area contributed by atoms with Crippen molar-refractivity contribution in [1.29, 1.82) is 0 Å². The molecule has 0 saturated carbocycles. The molecule has 0 bridgehead atoms. The van der Waals surface area contributed by atoms with E-state index in [0.29, 0.717) is 40.2 Å². The third-order valence-electron chi connectivity index (χ3n) is 3.94. The van der Waals surface area contributed by atoms with E-state index in [2.05, 4.69) is 4.98 Å². The Kier molecular flexibility index (Phi) is 5.22. The van der Waals surface area contributed by atoms with Crippen LogP contribution in [0.5, 0.6) is 17.2 Å². The lowest BCUT2D eigenvalue weighted by Crippen LogP contribution is -2.00. The number of carbonyl (C=O) groups excluding carboxylic acids is 1. The largest absolute Gasteiger partial charge is 0.497 e. The fraction of sp³-hybridized carbons (Fsp3) is 0.200. The highest BCUT2D eigenvalue weighted by Crippen LogP contribution is 2.34. The molecule has 0 radical (unpaired) electrons. The van der Waals surface area contributed by atoms with Crippen molar-refractivity contribution in [2.45, 2.75) is 13.5 Å². The second-order valence-electron chi connectivity index (χ2n) is 5.53. The molecule has 3 aromatic rings. The number of aromatic nitrogens is 1. The van der Waals surface area contributed by atoms with Crippen molar-refractivity contribution in [3.05, 3.63) is 59.5 Å². The number of methoxy groups -OCH3 is 2. The SMILES string of the molecule is COc1ccc(-c2nc(COc3ccccc3C=O)c(C)o2)c(OC)c1. The highest BCUT2D eigenvalue weighted by atomic mass is 16.5. The van der Waals surface area contributed by atoms with Gasteiger partial charge in [-0.25, -0.2) is 4.98 Å². The Morgan fingerprint density at radius 2 is 1.88 bits per heavy atom. The summed E-state index contributed by atoms with van der Waals surface area (Å²) in [5.41, 5.74) is 1.86. The molecular formula is C20H19NO5. The Hall–Kier alpha value is -3.28. The fourth-order valence-electron chi connectivity index (χ4n) is 2.51. The van der Waals surface area contributed by atoms with Crippen molar-refractivity contribution >= 4 is 6.29 Å². The van der Waals surface area contributed by atoms with Crippen LogP contribution in [0.2, 0.25) is 0 Å². The minimum absolute atomic E-state index is 0.193. The van der Waals surface area contributed by atoms with Gasteiger partial charge in [-0.2, -0.15) is 0 Å². The van der Waals surface area contributed by atoms with E-state index < -0.39 is 0 Å².